The number of pyridine rings is 1. The topological polar surface area (TPSA) is 125 Å². The van der Waals surface area contributed by atoms with E-state index in [2.05, 4.69) is 31.9 Å². The highest BCUT2D eigenvalue weighted by Crippen LogP contribution is 2.51. The van der Waals surface area contributed by atoms with Gasteiger partial charge in [-0.1, -0.05) is 63.0 Å². The Balaban J connectivity index is 1.32. The average Bonchev–Trinajstić information content (AvgIpc) is 3.53. The van der Waals surface area contributed by atoms with Gasteiger partial charge in [0.05, 0.1) is 40.9 Å². The number of nitrogens with zero attached hydrogens (tertiary/aromatic N) is 3. The maximum atomic E-state index is 13.2. The van der Waals surface area contributed by atoms with E-state index in [0.29, 0.717) is 46.6 Å². The van der Waals surface area contributed by atoms with Crippen molar-refractivity contribution >= 4 is 45.7 Å². The lowest BCUT2D eigenvalue weighted by atomic mass is 9.68. The molecule has 10 nitrogen and oxygen atoms in total. The van der Waals surface area contributed by atoms with Crippen LogP contribution in [0.2, 0.25) is 5.02 Å². The summed E-state index contributed by atoms with van der Waals surface area (Å²) in [6.45, 7) is 3.43. The van der Waals surface area contributed by atoms with Crippen molar-refractivity contribution < 1.29 is 18.7 Å². The van der Waals surface area contributed by atoms with E-state index in [1.165, 1.54) is 25.7 Å². The Morgan fingerprint density at radius 3 is 2.47 bits per heavy atom. The Morgan fingerprint density at radius 1 is 1.04 bits per heavy atom. The lowest BCUT2D eigenvalue weighted by molar-refractivity contribution is -0.116. The standard InChI is InChI=1S/C42H53ClN6O4/c1-4-51-39-26-34-31(25-36(39)47-40(50)16-14-22-49(2)3)41(32(27-44)42(48-34)19-11-9-7-5-6-8-10-12-20-42)46-29-17-18-37(33(43)23-29)52-28-30-24-35-38(53-30)15-13-21-45-35/h13,15,17-18,21,23-26,32,41,46,48H,4-12,14,16,19-20,22,28H2,1-3H3,(H,47,50). The minimum Gasteiger partial charge on any atom is -0.492 e. The predicted octanol–water partition coefficient (Wildman–Crippen LogP) is 10.1. The molecule has 282 valence electrons. The number of furan rings is 1. The van der Waals surface area contributed by atoms with Gasteiger partial charge < -0.3 is 34.7 Å². The van der Waals surface area contributed by atoms with Crippen LogP contribution < -0.4 is 25.4 Å². The molecule has 3 N–H and O–H groups in total. The maximum absolute atomic E-state index is 13.2. The first kappa shape index (κ1) is 38.3. The average molecular weight is 741 g/mol. The SMILES string of the molecule is CCOc1cc2c(cc1NC(=O)CCCN(C)C)C(Nc1ccc(OCc3cc4ncccc4o3)c(Cl)c1)C(C#N)C1(CCCCCCCCCC1)N2. The molecule has 2 unspecified atom stereocenters. The van der Waals surface area contributed by atoms with Gasteiger partial charge in [0, 0.05) is 41.7 Å². The summed E-state index contributed by atoms with van der Waals surface area (Å²) < 4.78 is 18.1. The van der Waals surface area contributed by atoms with Gasteiger partial charge in [0.1, 0.15) is 29.4 Å². The number of hydrogen-bond acceptors (Lipinski definition) is 9. The van der Waals surface area contributed by atoms with Gasteiger partial charge in [0.15, 0.2) is 5.58 Å². The molecule has 6 rings (SSSR count). The van der Waals surface area contributed by atoms with E-state index in [-0.39, 0.29) is 12.5 Å². The molecule has 1 spiro atoms. The van der Waals surface area contributed by atoms with E-state index in [0.717, 1.165) is 73.9 Å². The first-order valence-electron chi connectivity index (χ1n) is 19.2. The molecule has 0 radical (unpaired) electrons. The van der Waals surface area contributed by atoms with E-state index in [4.69, 9.17) is 25.5 Å². The number of aromatic nitrogens is 1. The molecule has 3 heterocycles. The minimum absolute atomic E-state index is 0.0704. The molecular formula is C42H53ClN6O4. The number of carbonyl (C=O) groups is 1. The summed E-state index contributed by atoms with van der Waals surface area (Å²) in [5.74, 6) is 1.31. The summed E-state index contributed by atoms with van der Waals surface area (Å²) in [7, 11) is 4.00. The number of fused-ring (bicyclic) bond motifs is 2. The summed E-state index contributed by atoms with van der Waals surface area (Å²) >= 11 is 6.84. The summed E-state index contributed by atoms with van der Waals surface area (Å²) in [6, 6.07) is 17.6. The molecular weight excluding hydrogens is 688 g/mol. The van der Waals surface area contributed by atoms with Crippen molar-refractivity contribution in [3.63, 3.8) is 0 Å². The minimum atomic E-state index is -0.446. The second-order valence-electron chi connectivity index (χ2n) is 14.7. The molecule has 2 aromatic heterocycles. The van der Waals surface area contributed by atoms with Crippen LogP contribution in [0.15, 0.2) is 59.1 Å². The van der Waals surface area contributed by atoms with Crippen molar-refractivity contribution in [1.82, 2.24) is 9.88 Å². The van der Waals surface area contributed by atoms with Gasteiger partial charge in [0.25, 0.3) is 0 Å². The molecule has 2 atom stereocenters. The number of anilines is 3. The van der Waals surface area contributed by atoms with Crippen LogP contribution in [0.25, 0.3) is 11.1 Å². The molecule has 2 aromatic carbocycles. The van der Waals surface area contributed by atoms with Crippen molar-refractivity contribution in [2.24, 2.45) is 5.92 Å². The largest absolute Gasteiger partial charge is 0.492 e. The lowest BCUT2D eigenvalue weighted by Gasteiger charge is -2.48. The number of hydrogen-bond donors (Lipinski definition) is 3. The van der Waals surface area contributed by atoms with Gasteiger partial charge in [-0.15, -0.1) is 0 Å². The number of nitriles is 1. The first-order chi connectivity index (χ1) is 25.8. The fourth-order valence-corrected chi connectivity index (χ4v) is 8.07. The molecule has 4 aromatic rings. The summed E-state index contributed by atoms with van der Waals surface area (Å²) in [5, 5.41) is 22.3. The zero-order valence-corrected chi connectivity index (χ0v) is 32.1. The Morgan fingerprint density at radius 2 is 1.79 bits per heavy atom. The summed E-state index contributed by atoms with van der Waals surface area (Å²) in [6.07, 6.45) is 14.0. The zero-order valence-electron chi connectivity index (χ0n) is 31.3. The number of rotatable bonds is 12. The molecule has 1 amide bonds. The van der Waals surface area contributed by atoms with E-state index in [1.54, 1.807) is 6.20 Å². The quantitative estimate of drug-likeness (QED) is 0.130. The van der Waals surface area contributed by atoms with Crippen LogP contribution in [0, 0.1) is 17.2 Å². The molecule has 11 heteroatoms. The fourth-order valence-electron chi connectivity index (χ4n) is 7.84. The van der Waals surface area contributed by atoms with Crippen molar-refractivity contribution in [1.29, 1.82) is 5.26 Å². The first-order valence-corrected chi connectivity index (χ1v) is 19.6. The van der Waals surface area contributed by atoms with Crippen LogP contribution >= 0.6 is 11.6 Å². The zero-order chi connectivity index (χ0) is 37.2. The van der Waals surface area contributed by atoms with Crippen molar-refractivity contribution in [2.45, 2.75) is 102 Å². The molecule has 0 saturated heterocycles. The fraction of sp³-hybridized carbons (Fsp3) is 0.500. The third-order valence-electron chi connectivity index (χ3n) is 10.5. The van der Waals surface area contributed by atoms with Gasteiger partial charge >= 0.3 is 0 Å². The van der Waals surface area contributed by atoms with Gasteiger partial charge in [-0.05, 0) is 83.2 Å². The summed E-state index contributed by atoms with van der Waals surface area (Å²) in [4.78, 5) is 19.6. The van der Waals surface area contributed by atoms with Crippen molar-refractivity contribution in [3.8, 4) is 17.6 Å². The van der Waals surface area contributed by atoms with Gasteiger partial charge in [-0.2, -0.15) is 5.26 Å². The highest BCUT2D eigenvalue weighted by molar-refractivity contribution is 6.32. The van der Waals surface area contributed by atoms with Gasteiger partial charge in [-0.3, -0.25) is 9.78 Å². The van der Waals surface area contributed by atoms with Crippen LogP contribution in [0.1, 0.15) is 101 Å². The van der Waals surface area contributed by atoms with Crippen molar-refractivity contribution in [3.05, 3.63) is 71.1 Å². The van der Waals surface area contributed by atoms with Crippen LogP contribution in [0.5, 0.6) is 11.5 Å². The second kappa shape index (κ2) is 18.0. The molecule has 53 heavy (non-hydrogen) atoms. The third-order valence-corrected chi connectivity index (χ3v) is 10.8. The van der Waals surface area contributed by atoms with Crippen LogP contribution in [-0.2, 0) is 11.4 Å². The normalized spacial score (nSPS) is 18.7. The molecule has 1 saturated carbocycles. The van der Waals surface area contributed by atoms with Crippen molar-refractivity contribution in [2.75, 3.05) is 43.2 Å². The molecule has 2 aliphatic rings. The van der Waals surface area contributed by atoms with Crippen LogP contribution in [-0.4, -0.2) is 48.6 Å². The lowest BCUT2D eigenvalue weighted by Crippen LogP contribution is -2.52. The number of carbonyl (C=O) groups excluding carboxylic acids is 1. The van der Waals surface area contributed by atoms with E-state index < -0.39 is 17.5 Å². The third kappa shape index (κ3) is 9.56. The Hall–Kier alpha value is -4.46. The monoisotopic (exact) mass is 740 g/mol. The number of ether oxygens (including phenoxy) is 2. The van der Waals surface area contributed by atoms with Crippen LogP contribution in [0.4, 0.5) is 17.1 Å². The number of amides is 1. The van der Waals surface area contributed by atoms with E-state index in [9.17, 15) is 10.1 Å². The van der Waals surface area contributed by atoms with Gasteiger partial charge in [0.2, 0.25) is 5.91 Å². The van der Waals surface area contributed by atoms with E-state index >= 15 is 0 Å². The summed E-state index contributed by atoms with van der Waals surface area (Å²) in [5.41, 5.74) is 4.22. The van der Waals surface area contributed by atoms with E-state index in [1.807, 2.05) is 69.6 Å². The number of benzene rings is 2. The maximum Gasteiger partial charge on any atom is 0.224 e. The smallest absolute Gasteiger partial charge is 0.224 e. The second-order valence-corrected chi connectivity index (χ2v) is 15.1. The highest BCUT2D eigenvalue weighted by atomic mass is 35.5. The van der Waals surface area contributed by atoms with Gasteiger partial charge in [-0.25, -0.2) is 0 Å². The Bertz CT molecular complexity index is 1840. The highest BCUT2D eigenvalue weighted by Gasteiger charge is 2.48. The molecule has 1 aliphatic carbocycles. The predicted molar refractivity (Wildman–Crippen MR) is 212 cm³/mol. The number of halogens is 1. The molecule has 1 fully saturated rings. The number of nitrogens with one attached hydrogen (secondary N) is 3. The van der Waals surface area contributed by atoms with Crippen LogP contribution in [0.3, 0.4) is 0 Å². The molecule has 0 bridgehead atoms. The Kier molecular flexibility index (Phi) is 13.0. The Labute approximate surface area is 318 Å². The molecule has 1 aliphatic heterocycles.